The van der Waals surface area contributed by atoms with Gasteiger partial charge in [-0.1, -0.05) is 0 Å². The molecule has 110 valence electrons. The lowest BCUT2D eigenvalue weighted by Gasteiger charge is -2.33. The molecule has 1 saturated heterocycles. The van der Waals surface area contributed by atoms with Crippen LogP contribution in [0.15, 0.2) is 29.2 Å². The van der Waals surface area contributed by atoms with Crippen molar-refractivity contribution >= 4 is 21.4 Å². The number of amides is 1. The maximum atomic E-state index is 11.6. The molecular formula is C13H18N2O4S. The molecule has 1 N–H and O–H groups in total. The molecule has 1 aromatic carbocycles. The molecule has 0 spiro atoms. The largest absolute Gasteiger partial charge is 0.366 e. The third kappa shape index (κ3) is 3.29. The van der Waals surface area contributed by atoms with E-state index in [9.17, 15) is 13.2 Å². The zero-order valence-electron chi connectivity index (χ0n) is 11.5. The third-order valence-electron chi connectivity index (χ3n) is 3.24. The fourth-order valence-corrected chi connectivity index (χ4v) is 2.74. The van der Waals surface area contributed by atoms with E-state index in [0.29, 0.717) is 19.7 Å². The normalized spacial score (nSPS) is 19.7. The number of morpholine rings is 1. The van der Waals surface area contributed by atoms with Gasteiger partial charge in [0.15, 0.2) is 15.9 Å². The molecule has 1 fully saturated rings. The van der Waals surface area contributed by atoms with Crippen LogP contribution in [0.3, 0.4) is 0 Å². The number of sulfone groups is 1. The molecule has 0 aliphatic carbocycles. The summed E-state index contributed by atoms with van der Waals surface area (Å²) in [6, 6.07) is 6.66. The zero-order chi connectivity index (χ0) is 14.8. The van der Waals surface area contributed by atoms with Crippen molar-refractivity contribution in [2.24, 2.45) is 0 Å². The van der Waals surface area contributed by atoms with Crippen molar-refractivity contribution in [3.8, 4) is 0 Å². The second-order valence-electron chi connectivity index (χ2n) is 4.69. The molecule has 7 heteroatoms. The summed E-state index contributed by atoms with van der Waals surface area (Å²) in [6.45, 7) is 1.59. The van der Waals surface area contributed by atoms with Crippen LogP contribution >= 0.6 is 0 Å². The van der Waals surface area contributed by atoms with Crippen molar-refractivity contribution in [3.63, 3.8) is 0 Å². The molecule has 1 unspecified atom stereocenters. The molecule has 0 aromatic heterocycles. The molecule has 0 bridgehead atoms. The number of likely N-dealkylation sites (N-methyl/N-ethyl adjacent to an activating group) is 1. The van der Waals surface area contributed by atoms with Gasteiger partial charge in [0.05, 0.1) is 18.0 Å². The van der Waals surface area contributed by atoms with Crippen molar-refractivity contribution < 1.29 is 17.9 Å². The molecular weight excluding hydrogens is 280 g/mol. The second kappa shape index (κ2) is 5.80. The Hall–Kier alpha value is -1.60. The molecule has 0 radical (unpaired) electrons. The fourth-order valence-electron chi connectivity index (χ4n) is 2.11. The molecule has 1 heterocycles. The minimum atomic E-state index is -3.19. The minimum absolute atomic E-state index is 0.151. The van der Waals surface area contributed by atoms with E-state index in [1.807, 2.05) is 4.90 Å². The Morgan fingerprint density at radius 2 is 2.00 bits per heavy atom. The molecule has 1 aliphatic rings. The highest BCUT2D eigenvalue weighted by molar-refractivity contribution is 7.90. The number of benzene rings is 1. The SMILES string of the molecule is CNC(=O)C1CN(c2ccc(S(C)(=O)=O)cc2)CCO1. The minimum Gasteiger partial charge on any atom is -0.366 e. The summed E-state index contributed by atoms with van der Waals surface area (Å²) >= 11 is 0. The van der Waals surface area contributed by atoms with Crippen LogP contribution in [0, 0.1) is 0 Å². The van der Waals surface area contributed by atoms with Gasteiger partial charge in [-0.05, 0) is 24.3 Å². The Labute approximate surface area is 118 Å². The number of carbonyl (C=O) groups excluding carboxylic acids is 1. The van der Waals surface area contributed by atoms with E-state index in [2.05, 4.69) is 5.32 Å². The predicted octanol–water partition coefficient (Wildman–Crippen LogP) is 0.0413. The first-order valence-electron chi connectivity index (χ1n) is 6.30. The molecule has 1 aliphatic heterocycles. The molecule has 0 saturated carbocycles. The smallest absolute Gasteiger partial charge is 0.250 e. The predicted molar refractivity (Wildman–Crippen MR) is 75.6 cm³/mol. The quantitative estimate of drug-likeness (QED) is 0.853. The number of ether oxygens (including phenoxy) is 1. The van der Waals surface area contributed by atoms with E-state index in [0.717, 1.165) is 5.69 Å². The first-order valence-corrected chi connectivity index (χ1v) is 8.19. The third-order valence-corrected chi connectivity index (χ3v) is 4.36. The topological polar surface area (TPSA) is 75.7 Å². The van der Waals surface area contributed by atoms with Gasteiger partial charge in [0.1, 0.15) is 0 Å². The summed E-state index contributed by atoms with van der Waals surface area (Å²) in [5, 5.41) is 2.57. The lowest BCUT2D eigenvalue weighted by molar-refractivity contribution is -0.132. The molecule has 1 amide bonds. The van der Waals surface area contributed by atoms with E-state index in [1.54, 1.807) is 31.3 Å². The Morgan fingerprint density at radius 1 is 1.35 bits per heavy atom. The average Bonchev–Trinajstić information content (AvgIpc) is 2.46. The Balaban J connectivity index is 2.13. The summed E-state index contributed by atoms with van der Waals surface area (Å²) in [5.74, 6) is -0.151. The van der Waals surface area contributed by atoms with Crippen molar-refractivity contribution in [1.29, 1.82) is 0 Å². The highest BCUT2D eigenvalue weighted by atomic mass is 32.2. The number of carbonyl (C=O) groups is 1. The van der Waals surface area contributed by atoms with E-state index in [4.69, 9.17) is 4.74 Å². The van der Waals surface area contributed by atoms with Crippen molar-refractivity contribution in [3.05, 3.63) is 24.3 Å². The van der Waals surface area contributed by atoms with Crippen LogP contribution in [0.5, 0.6) is 0 Å². The fraction of sp³-hybridized carbons (Fsp3) is 0.462. The van der Waals surface area contributed by atoms with Gasteiger partial charge in [-0.25, -0.2) is 8.42 Å². The van der Waals surface area contributed by atoms with Crippen LogP contribution in [0.1, 0.15) is 0 Å². The molecule has 6 nitrogen and oxygen atoms in total. The zero-order valence-corrected chi connectivity index (χ0v) is 12.3. The van der Waals surface area contributed by atoms with Gasteiger partial charge < -0.3 is 15.0 Å². The Bertz CT molecular complexity index is 583. The molecule has 20 heavy (non-hydrogen) atoms. The highest BCUT2D eigenvalue weighted by Crippen LogP contribution is 2.20. The maximum absolute atomic E-state index is 11.6. The van der Waals surface area contributed by atoms with Gasteiger partial charge in [-0.3, -0.25) is 4.79 Å². The van der Waals surface area contributed by atoms with Gasteiger partial charge in [-0.2, -0.15) is 0 Å². The molecule has 2 rings (SSSR count). The summed E-state index contributed by atoms with van der Waals surface area (Å²) in [6.07, 6.45) is 0.682. The van der Waals surface area contributed by atoms with Crippen molar-refractivity contribution in [2.75, 3.05) is 37.9 Å². The number of nitrogens with zero attached hydrogens (tertiary/aromatic N) is 1. The number of hydrogen-bond donors (Lipinski definition) is 1. The van der Waals surface area contributed by atoms with Crippen LogP contribution in [0.4, 0.5) is 5.69 Å². The van der Waals surface area contributed by atoms with Crippen molar-refractivity contribution in [2.45, 2.75) is 11.0 Å². The van der Waals surface area contributed by atoms with Gasteiger partial charge in [0, 0.05) is 25.5 Å². The number of hydrogen-bond acceptors (Lipinski definition) is 5. The number of anilines is 1. The number of rotatable bonds is 3. The van der Waals surface area contributed by atoms with Crippen LogP contribution in [-0.4, -0.2) is 53.4 Å². The maximum Gasteiger partial charge on any atom is 0.250 e. The monoisotopic (exact) mass is 298 g/mol. The standard InChI is InChI=1S/C13H18N2O4S/c1-14-13(16)12-9-15(7-8-19-12)10-3-5-11(6-4-10)20(2,17)18/h3-6,12H,7-9H2,1-2H3,(H,14,16). The van der Waals surface area contributed by atoms with Crippen molar-refractivity contribution in [1.82, 2.24) is 5.32 Å². The van der Waals surface area contributed by atoms with Crippen LogP contribution in [0.2, 0.25) is 0 Å². The van der Waals surface area contributed by atoms with Gasteiger partial charge in [-0.15, -0.1) is 0 Å². The van der Waals surface area contributed by atoms with E-state index >= 15 is 0 Å². The van der Waals surface area contributed by atoms with Crippen LogP contribution < -0.4 is 10.2 Å². The average molecular weight is 298 g/mol. The van der Waals surface area contributed by atoms with Gasteiger partial charge >= 0.3 is 0 Å². The van der Waals surface area contributed by atoms with E-state index in [1.165, 1.54) is 6.26 Å². The van der Waals surface area contributed by atoms with Gasteiger partial charge in [0.2, 0.25) is 0 Å². The van der Waals surface area contributed by atoms with Crippen LogP contribution in [0.25, 0.3) is 0 Å². The number of nitrogens with one attached hydrogen (secondary N) is 1. The highest BCUT2D eigenvalue weighted by Gasteiger charge is 2.26. The summed E-state index contributed by atoms with van der Waals surface area (Å²) in [7, 11) is -1.61. The molecule has 1 aromatic rings. The molecule has 1 atom stereocenters. The lowest BCUT2D eigenvalue weighted by atomic mass is 10.2. The summed E-state index contributed by atoms with van der Waals surface area (Å²) in [5.41, 5.74) is 0.884. The van der Waals surface area contributed by atoms with Crippen LogP contribution in [-0.2, 0) is 19.4 Å². The summed E-state index contributed by atoms with van der Waals surface area (Å²) in [4.78, 5) is 13.9. The Kier molecular flexibility index (Phi) is 4.29. The summed E-state index contributed by atoms with van der Waals surface area (Å²) < 4.78 is 28.2. The van der Waals surface area contributed by atoms with E-state index < -0.39 is 15.9 Å². The Morgan fingerprint density at radius 3 is 2.55 bits per heavy atom. The van der Waals surface area contributed by atoms with Gasteiger partial charge in [0.25, 0.3) is 5.91 Å². The first kappa shape index (κ1) is 14.8. The van der Waals surface area contributed by atoms with E-state index in [-0.39, 0.29) is 10.8 Å². The lowest BCUT2D eigenvalue weighted by Crippen LogP contribution is -2.49. The first-order chi connectivity index (χ1) is 9.41. The second-order valence-corrected chi connectivity index (χ2v) is 6.70.